The summed E-state index contributed by atoms with van der Waals surface area (Å²) in [6.45, 7) is 6.35. The predicted molar refractivity (Wildman–Crippen MR) is 127 cm³/mol. The molecule has 0 unspecified atom stereocenters. The largest absolute Gasteiger partial charge is 0.493 e. The maximum Gasteiger partial charge on any atom is 0.266 e. The Morgan fingerprint density at radius 2 is 1.78 bits per heavy atom. The Bertz CT molecular complexity index is 1210. The highest BCUT2D eigenvalue weighted by atomic mass is 16.5. The van der Waals surface area contributed by atoms with Gasteiger partial charge in [0, 0.05) is 5.69 Å². The van der Waals surface area contributed by atoms with E-state index in [1.807, 2.05) is 63.2 Å². The molecule has 0 heterocycles. The summed E-state index contributed by atoms with van der Waals surface area (Å²) in [6.07, 6.45) is 1.53. The van der Waals surface area contributed by atoms with Gasteiger partial charge in [-0.05, 0) is 61.7 Å². The maximum atomic E-state index is 12.6. The van der Waals surface area contributed by atoms with Gasteiger partial charge >= 0.3 is 0 Å². The zero-order valence-corrected chi connectivity index (χ0v) is 18.7. The molecule has 162 valence electrons. The van der Waals surface area contributed by atoms with Crippen molar-refractivity contribution >= 4 is 17.7 Å². The van der Waals surface area contributed by atoms with Gasteiger partial charge in [-0.25, -0.2) is 0 Å². The van der Waals surface area contributed by atoms with Crippen LogP contribution >= 0.6 is 0 Å². The minimum absolute atomic E-state index is 0.000423. The van der Waals surface area contributed by atoms with Crippen LogP contribution in [0.5, 0.6) is 11.5 Å². The molecule has 0 atom stereocenters. The first-order chi connectivity index (χ1) is 15.4. The highest BCUT2D eigenvalue weighted by Crippen LogP contribution is 2.30. The number of carbonyl (C=O) groups is 1. The summed E-state index contributed by atoms with van der Waals surface area (Å²) in [5.41, 5.74) is 5.62. The Morgan fingerprint density at radius 1 is 1.00 bits per heavy atom. The van der Waals surface area contributed by atoms with Gasteiger partial charge in [-0.3, -0.25) is 4.79 Å². The number of nitrogens with zero attached hydrogens (tertiary/aromatic N) is 1. The number of nitrogens with one attached hydrogen (secondary N) is 1. The van der Waals surface area contributed by atoms with Crippen LogP contribution in [0.15, 0.2) is 66.2 Å². The second-order valence-electron chi connectivity index (χ2n) is 7.63. The van der Waals surface area contributed by atoms with Crippen LogP contribution in [0.2, 0.25) is 0 Å². The molecule has 0 saturated carbocycles. The number of aryl methyl sites for hydroxylation is 3. The van der Waals surface area contributed by atoms with Crippen LogP contribution in [0.4, 0.5) is 5.69 Å². The molecule has 0 aliphatic heterocycles. The van der Waals surface area contributed by atoms with Crippen LogP contribution in [0.3, 0.4) is 0 Å². The van der Waals surface area contributed by atoms with Crippen LogP contribution in [-0.2, 0) is 11.4 Å². The number of anilines is 1. The first kappa shape index (κ1) is 22.6. The topological polar surface area (TPSA) is 71.3 Å². The zero-order chi connectivity index (χ0) is 23.1. The molecule has 5 heteroatoms. The fourth-order valence-electron chi connectivity index (χ4n) is 3.31. The van der Waals surface area contributed by atoms with Crippen molar-refractivity contribution in [3.63, 3.8) is 0 Å². The monoisotopic (exact) mass is 426 g/mol. The third-order valence-electron chi connectivity index (χ3n) is 4.97. The number of rotatable bonds is 7. The molecule has 3 aromatic rings. The van der Waals surface area contributed by atoms with Crippen molar-refractivity contribution in [3.8, 4) is 17.6 Å². The Balaban J connectivity index is 1.76. The molecule has 3 rings (SSSR count). The van der Waals surface area contributed by atoms with E-state index in [1.54, 1.807) is 25.3 Å². The average Bonchev–Trinajstić information content (AvgIpc) is 2.78. The number of ether oxygens (including phenoxy) is 2. The summed E-state index contributed by atoms with van der Waals surface area (Å²) in [4.78, 5) is 12.6. The molecule has 0 spiro atoms. The molecule has 1 amide bonds. The molecule has 32 heavy (non-hydrogen) atoms. The molecular weight excluding hydrogens is 400 g/mol. The standard InChI is InChI=1S/C27H26N2O3/c1-18-6-5-7-22(13-18)17-32-25-11-9-21(15-26(25)31-4)14-23(16-28)27(30)29-24-10-8-19(2)12-20(24)3/h5-15H,17H2,1-4H3,(H,29,30)/b23-14+. The molecule has 0 saturated heterocycles. The second-order valence-corrected chi connectivity index (χ2v) is 7.63. The highest BCUT2D eigenvalue weighted by Gasteiger charge is 2.12. The average molecular weight is 427 g/mol. The molecule has 0 radical (unpaired) electrons. The van der Waals surface area contributed by atoms with Gasteiger partial charge in [0.1, 0.15) is 18.2 Å². The van der Waals surface area contributed by atoms with E-state index in [9.17, 15) is 10.1 Å². The summed E-state index contributed by atoms with van der Waals surface area (Å²) < 4.78 is 11.4. The van der Waals surface area contributed by atoms with E-state index >= 15 is 0 Å². The number of methoxy groups -OCH3 is 1. The van der Waals surface area contributed by atoms with Gasteiger partial charge < -0.3 is 14.8 Å². The number of amides is 1. The van der Waals surface area contributed by atoms with Gasteiger partial charge in [-0.2, -0.15) is 5.26 Å². The second kappa shape index (κ2) is 10.3. The van der Waals surface area contributed by atoms with Gasteiger partial charge in [0.25, 0.3) is 5.91 Å². The highest BCUT2D eigenvalue weighted by molar-refractivity contribution is 6.10. The minimum Gasteiger partial charge on any atom is -0.493 e. The van der Waals surface area contributed by atoms with Crippen molar-refractivity contribution in [3.05, 3.63) is 94.1 Å². The van der Waals surface area contributed by atoms with E-state index in [2.05, 4.69) is 11.4 Å². The Hall–Kier alpha value is -4.04. The van der Waals surface area contributed by atoms with Crippen LogP contribution in [0.1, 0.15) is 27.8 Å². The van der Waals surface area contributed by atoms with Gasteiger partial charge in [-0.1, -0.05) is 53.6 Å². The maximum absolute atomic E-state index is 12.6. The lowest BCUT2D eigenvalue weighted by molar-refractivity contribution is -0.112. The summed E-state index contributed by atoms with van der Waals surface area (Å²) in [7, 11) is 1.56. The lowest BCUT2D eigenvalue weighted by Gasteiger charge is -2.12. The predicted octanol–water partition coefficient (Wildman–Crippen LogP) is 5.75. The lowest BCUT2D eigenvalue weighted by Crippen LogP contribution is -2.14. The number of hydrogen-bond acceptors (Lipinski definition) is 4. The van der Waals surface area contributed by atoms with E-state index in [0.717, 1.165) is 16.7 Å². The third-order valence-corrected chi connectivity index (χ3v) is 4.97. The van der Waals surface area contributed by atoms with Crippen LogP contribution < -0.4 is 14.8 Å². The van der Waals surface area contributed by atoms with Crippen LogP contribution in [0.25, 0.3) is 6.08 Å². The molecule has 3 aromatic carbocycles. The molecule has 0 aliphatic carbocycles. The molecule has 1 N–H and O–H groups in total. The molecule has 0 bridgehead atoms. The normalized spacial score (nSPS) is 10.9. The van der Waals surface area contributed by atoms with E-state index < -0.39 is 5.91 Å². The molecule has 5 nitrogen and oxygen atoms in total. The molecule has 0 fully saturated rings. The van der Waals surface area contributed by atoms with E-state index in [0.29, 0.717) is 29.4 Å². The van der Waals surface area contributed by atoms with Crippen molar-refractivity contribution in [2.75, 3.05) is 12.4 Å². The van der Waals surface area contributed by atoms with E-state index in [-0.39, 0.29) is 5.57 Å². The van der Waals surface area contributed by atoms with Gasteiger partial charge in [0.15, 0.2) is 11.5 Å². The Morgan fingerprint density at radius 3 is 2.47 bits per heavy atom. The van der Waals surface area contributed by atoms with E-state index in [1.165, 1.54) is 11.6 Å². The summed E-state index contributed by atoms with van der Waals surface area (Å²) in [6, 6.07) is 21.1. The zero-order valence-electron chi connectivity index (χ0n) is 18.7. The fraction of sp³-hybridized carbons (Fsp3) is 0.185. The van der Waals surface area contributed by atoms with Crippen LogP contribution in [-0.4, -0.2) is 13.0 Å². The van der Waals surface area contributed by atoms with Gasteiger partial charge in [0.2, 0.25) is 0 Å². The lowest BCUT2D eigenvalue weighted by atomic mass is 10.1. The number of carbonyl (C=O) groups excluding carboxylic acids is 1. The molecule has 0 aromatic heterocycles. The molecular formula is C27H26N2O3. The smallest absolute Gasteiger partial charge is 0.266 e. The quantitative estimate of drug-likeness (QED) is 0.386. The van der Waals surface area contributed by atoms with Crippen molar-refractivity contribution in [2.45, 2.75) is 27.4 Å². The Labute approximate surface area is 188 Å². The SMILES string of the molecule is COc1cc(/C=C(\C#N)C(=O)Nc2ccc(C)cc2C)ccc1OCc1cccc(C)c1. The third kappa shape index (κ3) is 5.77. The summed E-state index contributed by atoms with van der Waals surface area (Å²) in [5, 5.41) is 12.3. The molecule has 0 aliphatic rings. The number of nitriles is 1. The fourth-order valence-corrected chi connectivity index (χ4v) is 3.31. The number of hydrogen-bond donors (Lipinski definition) is 1. The van der Waals surface area contributed by atoms with Crippen molar-refractivity contribution < 1.29 is 14.3 Å². The first-order valence-corrected chi connectivity index (χ1v) is 10.3. The van der Waals surface area contributed by atoms with Gasteiger partial charge in [-0.15, -0.1) is 0 Å². The van der Waals surface area contributed by atoms with Gasteiger partial charge in [0.05, 0.1) is 7.11 Å². The Kier molecular flexibility index (Phi) is 7.30. The number of benzene rings is 3. The summed E-state index contributed by atoms with van der Waals surface area (Å²) in [5.74, 6) is 0.654. The van der Waals surface area contributed by atoms with Crippen molar-refractivity contribution in [1.82, 2.24) is 0 Å². The van der Waals surface area contributed by atoms with Crippen molar-refractivity contribution in [2.24, 2.45) is 0 Å². The summed E-state index contributed by atoms with van der Waals surface area (Å²) >= 11 is 0. The van der Waals surface area contributed by atoms with E-state index in [4.69, 9.17) is 9.47 Å². The minimum atomic E-state index is -0.460. The first-order valence-electron chi connectivity index (χ1n) is 10.3. The van der Waals surface area contributed by atoms with Crippen LogP contribution in [0, 0.1) is 32.1 Å². The van der Waals surface area contributed by atoms with Crippen molar-refractivity contribution in [1.29, 1.82) is 5.26 Å².